The van der Waals surface area contributed by atoms with Crippen molar-refractivity contribution in [3.05, 3.63) is 59.0 Å². The lowest BCUT2D eigenvalue weighted by atomic mass is 10.1. The lowest BCUT2D eigenvalue weighted by Crippen LogP contribution is -2.36. The maximum absolute atomic E-state index is 13.2. The molecule has 0 atom stereocenters. The van der Waals surface area contributed by atoms with Gasteiger partial charge in [-0.25, -0.2) is 0 Å². The third-order valence-electron chi connectivity index (χ3n) is 4.85. The van der Waals surface area contributed by atoms with Crippen LogP contribution in [0.15, 0.2) is 40.8 Å². The van der Waals surface area contributed by atoms with E-state index < -0.39 is 23.6 Å². The Morgan fingerprint density at radius 1 is 1.03 bits per heavy atom. The van der Waals surface area contributed by atoms with E-state index in [1.165, 1.54) is 30.0 Å². The van der Waals surface area contributed by atoms with Crippen LogP contribution in [0.1, 0.15) is 40.8 Å². The molecule has 0 spiro atoms. The monoisotopic (exact) mass is 424 g/mol. The number of amides is 1. The fraction of sp³-hybridized carbons (Fsp3) is 0.429. The van der Waals surface area contributed by atoms with Gasteiger partial charge in [0.2, 0.25) is 0 Å². The molecule has 2 aromatic rings. The summed E-state index contributed by atoms with van der Waals surface area (Å²) in [5.41, 5.74) is -1.23. The van der Waals surface area contributed by atoms with Gasteiger partial charge < -0.3 is 14.1 Å². The molecule has 1 aliphatic rings. The molecular weight excluding hydrogens is 401 g/mol. The summed E-state index contributed by atoms with van der Waals surface area (Å²) in [5, 5.41) is 0. The van der Waals surface area contributed by atoms with E-state index >= 15 is 0 Å². The molecule has 1 fully saturated rings. The number of ether oxygens (including phenoxy) is 1. The van der Waals surface area contributed by atoms with E-state index in [4.69, 9.17) is 9.15 Å². The van der Waals surface area contributed by atoms with Gasteiger partial charge in [0.15, 0.2) is 0 Å². The van der Waals surface area contributed by atoms with Crippen LogP contribution < -0.4 is 0 Å². The number of esters is 1. The van der Waals surface area contributed by atoms with Crippen LogP contribution >= 0.6 is 0 Å². The van der Waals surface area contributed by atoms with Crippen molar-refractivity contribution in [2.24, 2.45) is 0 Å². The van der Waals surface area contributed by atoms with E-state index in [1.54, 1.807) is 12.1 Å². The fourth-order valence-electron chi connectivity index (χ4n) is 3.40. The van der Waals surface area contributed by atoms with Crippen LogP contribution in [0.4, 0.5) is 13.2 Å². The van der Waals surface area contributed by atoms with Gasteiger partial charge in [-0.3, -0.25) is 14.5 Å². The van der Waals surface area contributed by atoms with Crippen molar-refractivity contribution in [3.8, 4) is 0 Å². The van der Waals surface area contributed by atoms with Crippen LogP contribution in [0.3, 0.4) is 0 Å². The summed E-state index contributed by atoms with van der Waals surface area (Å²) in [5.74, 6) is 0.235. The van der Waals surface area contributed by atoms with Gasteiger partial charge >= 0.3 is 12.1 Å². The first-order chi connectivity index (χ1) is 14.2. The largest absolute Gasteiger partial charge is 0.461 e. The quantitative estimate of drug-likeness (QED) is 0.685. The second-order valence-corrected chi connectivity index (χ2v) is 7.11. The minimum absolute atomic E-state index is 0.0657. The van der Waals surface area contributed by atoms with Crippen LogP contribution in [0, 0.1) is 0 Å². The molecule has 162 valence electrons. The predicted octanol–water partition coefficient (Wildman–Crippen LogP) is 3.71. The number of hydrogen-bond acceptors (Lipinski definition) is 5. The van der Waals surface area contributed by atoms with Crippen molar-refractivity contribution in [1.82, 2.24) is 9.80 Å². The lowest BCUT2D eigenvalue weighted by Gasteiger charge is -2.23. The van der Waals surface area contributed by atoms with E-state index in [0.29, 0.717) is 50.7 Å². The molecule has 1 aromatic heterocycles. The van der Waals surface area contributed by atoms with Crippen LogP contribution in [-0.2, 0) is 28.9 Å². The zero-order chi connectivity index (χ0) is 21.7. The van der Waals surface area contributed by atoms with Gasteiger partial charge in [0.25, 0.3) is 5.91 Å². The average molecular weight is 424 g/mol. The number of halogens is 3. The molecule has 0 N–H and O–H groups in total. The Hall–Kier alpha value is -2.81. The normalized spacial score (nSPS) is 15.7. The van der Waals surface area contributed by atoms with E-state index in [9.17, 15) is 22.8 Å². The summed E-state index contributed by atoms with van der Waals surface area (Å²) >= 11 is 0. The van der Waals surface area contributed by atoms with Crippen LogP contribution in [0.2, 0.25) is 0 Å². The Balaban J connectivity index is 1.60. The number of carbonyl (C=O) groups excluding carboxylic acids is 2. The van der Waals surface area contributed by atoms with Crippen molar-refractivity contribution in [1.29, 1.82) is 0 Å². The second kappa shape index (κ2) is 9.34. The summed E-state index contributed by atoms with van der Waals surface area (Å²) < 4.78 is 50.3. The number of furan rings is 1. The molecular formula is C21H23F3N2O4. The molecule has 1 saturated heterocycles. The molecule has 0 bridgehead atoms. The molecule has 1 aromatic carbocycles. The smallest absolute Gasteiger partial charge is 0.417 e. The Bertz CT molecular complexity index is 894. The highest BCUT2D eigenvalue weighted by molar-refractivity contribution is 5.96. The van der Waals surface area contributed by atoms with Gasteiger partial charge in [-0.15, -0.1) is 0 Å². The summed E-state index contributed by atoms with van der Waals surface area (Å²) in [7, 11) is 0. The van der Waals surface area contributed by atoms with E-state index in [-0.39, 0.29) is 12.2 Å². The zero-order valence-electron chi connectivity index (χ0n) is 16.6. The van der Waals surface area contributed by atoms with Gasteiger partial charge in [0.05, 0.1) is 17.7 Å². The molecule has 0 radical (unpaired) electrons. The third-order valence-corrected chi connectivity index (χ3v) is 4.85. The standard InChI is InChI=1S/C21H23F3N2O4/c1-15(27)29-14-17-8-7-16(30-17)13-25-9-4-10-26(12-11-25)20(28)18-5-2-3-6-19(18)21(22,23)24/h2-3,5-8H,4,9-14H2,1H3. The summed E-state index contributed by atoms with van der Waals surface area (Å²) in [4.78, 5) is 27.2. The van der Waals surface area contributed by atoms with Crippen LogP contribution in [0.5, 0.6) is 0 Å². The number of hydrogen-bond donors (Lipinski definition) is 0. The minimum Gasteiger partial charge on any atom is -0.461 e. The van der Waals surface area contributed by atoms with Gasteiger partial charge in [0, 0.05) is 33.1 Å². The van der Waals surface area contributed by atoms with E-state index in [1.807, 2.05) is 0 Å². The maximum atomic E-state index is 13.2. The molecule has 9 heteroatoms. The zero-order valence-corrected chi connectivity index (χ0v) is 16.6. The van der Waals surface area contributed by atoms with Crippen molar-refractivity contribution in [2.45, 2.75) is 32.7 Å². The number of rotatable bonds is 5. The summed E-state index contributed by atoms with van der Waals surface area (Å²) in [6.45, 7) is 3.80. The van der Waals surface area contributed by atoms with Crippen molar-refractivity contribution in [3.63, 3.8) is 0 Å². The van der Waals surface area contributed by atoms with E-state index in [0.717, 1.165) is 6.07 Å². The minimum atomic E-state index is -4.58. The molecule has 6 nitrogen and oxygen atoms in total. The molecule has 30 heavy (non-hydrogen) atoms. The Labute approximate surface area is 172 Å². The molecule has 2 heterocycles. The third kappa shape index (κ3) is 5.63. The fourth-order valence-corrected chi connectivity index (χ4v) is 3.40. The molecule has 0 unspecified atom stereocenters. The SMILES string of the molecule is CC(=O)OCc1ccc(CN2CCCN(C(=O)c3ccccc3C(F)(F)F)CC2)o1. The maximum Gasteiger partial charge on any atom is 0.417 e. The van der Waals surface area contributed by atoms with Crippen LogP contribution in [0.25, 0.3) is 0 Å². The van der Waals surface area contributed by atoms with Crippen molar-refractivity contribution in [2.75, 3.05) is 26.2 Å². The topological polar surface area (TPSA) is 63.0 Å². The van der Waals surface area contributed by atoms with Gasteiger partial charge in [0.1, 0.15) is 18.1 Å². The second-order valence-electron chi connectivity index (χ2n) is 7.11. The van der Waals surface area contributed by atoms with Gasteiger partial charge in [-0.2, -0.15) is 13.2 Å². The molecule has 0 saturated carbocycles. The van der Waals surface area contributed by atoms with Crippen molar-refractivity contribution < 1.29 is 31.9 Å². The Morgan fingerprint density at radius 2 is 1.77 bits per heavy atom. The number of nitrogens with zero attached hydrogens (tertiary/aromatic N) is 2. The molecule has 3 rings (SSSR count). The van der Waals surface area contributed by atoms with Gasteiger partial charge in [-0.05, 0) is 30.7 Å². The van der Waals surface area contributed by atoms with Crippen molar-refractivity contribution >= 4 is 11.9 Å². The van der Waals surface area contributed by atoms with Gasteiger partial charge in [-0.1, -0.05) is 12.1 Å². The highest BCUT2D eigenvalue weighted by Gasteiger charge is 2.36. The summed E-state index contributed by atoms with van der Waals surface area (Å²) in [6, 6.07) is 8.41. The average Bonchev–Trinajstić information content (AvgIpc) is 3.01. The first-order valence-electron chi connectivity index (χ1n) is 9.63. The van der Waals surface area contributed by atoms with E-state index in [2.05, 4.69) is 4.90 Å². The number of benzene rings is 1. The number of alkyl halides is 3. The highest BCUT2D eigenvalue weighted by Crippen LogP contribution is 2.32. The Morgan fingerprint density at radius 3 is 2.50 bits per heavy atom. The Kier molecular flexibility index (Phi) is 6.81. The first-order valence-corrected chi connectivity index (χ1v) is 9.63. The first kappa shape index (κ1) is 21.9. The lowest BCUT2D eigenvalue weighted by molar-refractivity contribution is -0.142. The number of carbonyl (C=O) groups is 2. The van der Waals surface area contributed by atoms with Crippen LogP contribution in [-0.4, -0.2) is 47.9 Å². The highest BCUT2D eigenvalue weighted by atomic mass is 19.4. The predicted molar refractivity (Wildman–Crippen MR) is 101 cm³/mol. The molecule has 1 amide bonds. The summed E-state index contributed by atoms with van der Waals surface area (Å²) in [6.07, 6.45) is -3.94. The molecule has 0 aliphatic carbocycles. The molecule has 1 aliphatic heterocycles.